The number of methoxy groups -OCH3 is 2. The highest BCUT2D eigenvalue weighted by Crippen LogP contribution is 2.27. The summed E-state index contributed by atoms with van der Waals surface area (Å²) in [5, 5.41) is 2.72. The Labute approximate surface area is 175 Å². The minimum Gasteiger partial charge on any atom is -0.493 e. The molecular formula is C22H27N3O5. The number of carbonyl (C=O) groups excluding carboxylic acids is 3. The second kappa shape index (κ2) is 10.3. The highest BCUT2D eigenvalue weighted by Gasteiger charge is 2.25. The van der Waals surface area contributed by atoms with Crippen molar-refractivity contribution in [1.29, 1.82) is 0 Å². The highest BCUT2D eigenvalue weighted by molar-refractivity contribution is 5.99. The molecule has 0 heterocycles. The molecule has 3 amide bonds. The van der Waals surface area contributed by atoms with Gasteiger partial charge in [-0.3, -0.25) is 25.2 Å². The van der Waals surface area contributed by atoms with E-state index < -0.39 is 17.9 Å². The van der Waals surface area contributed by atoms with Crippen LogP contribution in [0.25, 0.3) is 0 Å². The normalized spacial score (nSPS) is 11.4. The van der Waals surface area contributed by atoms with Crippen molar-refractivity contribution in [2.45, 2.75) is 26.8 Å². The summed E-state index contributed by atoms with van der Waals surface area (Å²) >= 11 is 0. The number of aryl methyl sites for hydroxylation is 1. The van der Waals surface area contributed by atoms with E-state index in [4.69, 9.17) is 9.47 Å². The summed E-state index contributed by atoms with van der Waals surface area (Å²) in [6.07, 6.45) is 0. The molecule has 2 aromatic rings. The second-order valence-corrected chi connectivity index (χ2v) is 7.08. The fraction of sp³-hybridized carbons (Fsp3) is 0.318. The highest BCUT2D eigenvalue weighted by atomic mass is 16.5. The van der Waals surface area contributed by atoms with Crippen molar-refractivity contribution in [2.24, 2.45) is 5.92 Å². The van der Waals surface area contributed by atoms with Gasteiger partial charge in [0.15, 0.2) is 11.5 Å². The van der Waals surface area contributed by atoms with Crippen LogP contribution in [-0.4, -0.2) is 38.0 Å². The summed E-state index contributed by atoms with van der Waals surface area (Å²) in [7, 11) is 2.96. The zero-order valence-corrected chi connectivity index (χ0v) is 17.7. The summed E-state index contributed by atoms with van der Waals surface area (Å²) in [6.45, 7) is 5.49. The van der Waals surface area contributed by atoms with Gasteiger partial charge in [0.25, 0.3) is 17.7 Å². The lowest BCUT2D eigenvalue weighted by Crippen LogP contribution is -2.54. The molecule has 1 atom stereocenters. The Kier molecular flexibility index (Phi) is 7.80. The van der Waals surface area contributed by atoms with Crippen LogP contribution >= 0.6 is 0 Å². The zero-order chi connectivity index (χ0) is 22.3. The van der Waals surface area contributed by atoms with E-state index >= 15 is 0 Å². The van der Waals surface area contributed by atoms with E-state index in [1.165, 1.54) is 20.3 Å². The van der Waals surface area contributed by atoms with E-state index in [1.807, 2.05) is 13.0 Å². The van der Waals surface area contributed by atoms with Gasteiger partial charge in [-0.25, -0.2) is 0 Å². The molecule has 0 fully saturated rings. The summed E-state index contributed by atoms with van der Waals surface area (Å²) in [4.78, 5) is 37.5. The SMILES string of the molecule is COc1ccc(C(=O)NNC(=O)[C@@H](NC(=O)c2cccc(C)c2)C(C)C)cc1OC. The third-order valence-corrected chi connectivity index (χ3v) is 4.46. The molecule has 0 saturated heterocycles. The standard InChI is InChI=1S/C22H27N3O5/c1-13(2)19(23-20(26)15-8-6-7-14(3)11-15)22(28)25-24-21(27)16-9-10-17(29-4)18(12-16)30-5/h6-13,19H,1-5H3,(H,23,26)(H,24,27)(H,25,28)/t19-/m0/s1. The molecule has 160 valence electrons. The van der Waals surface area contributed by atoms with Crippen LogP contribution in [0.3, 0.4) is 0 Å². The maximum Gasteiger partial charge on any atom is 0.269 e. The van der Waals surface area contributed by atoms with Gasteiger partial charge in [0.1, 0.15) is 6.04 Å². The van der Waals surface area contributed by atoms with Crippen LogP contribution in [0.5, 0.6) is 11.5 Å². The van der Waals surface area contributed by atoms with Crippen LogP contribution in [0, 0.1) is 12.8 Å². The lowest BCUT2D eigenvalue weighted by Gasteiger charge is -2.22. The molecule has 0 saturated carbocycles. The zero-order valence-electron chi connectivity index (χ0n) is 17.7. The molecule has 0 aliphatic carbocycles. The Morgan fingerprint density at radius 2 is 1.50 bits per heavy atom. The molecule has 0 aromatic heterocycles. The molecule has 0 spiro atoms. The molecule has 3 N–H and O–H groups in total. The topological polar surface area (TPSA) is 106 Å². The molecule has 0 radical (unpaired) electrons. The van der Waals surface area contributed by atoms with Crippen molar-refractivity contribution in [3.63, 3.8) is 0 Å². The molecule has 0 aliphatic rings. The summed E-state index contributed by atoms with van der Waals surface area (Å²) in [5.41, 5.74) is 6.41. The third-order valence-electron chi connectivity index (χ3n) is 4.46. The third kappa shape index (κ3) is 5.73. The Hall–Kier alpha value is -3.55. The fourth-order valence-electron chi connectivity index (χ4n) is 2.79. The van der Waals surface area contributed by atoms with Gasteiger partial charge in [0.05, 0.1) is 14.2 Å². The second-order valence-electron chi connectivity index (χ2n) is 7.08. The molecule has 2 rings (SSSR count). The molecular weight excluding hydrogens is 386 g/mol. The number of hydrogen-bond donors (Lipinski definition) is 3. The number of benzene rings is 2. The molecule has 2 aromatic carbocycles. The largest absolute Gasteiger partial charge is 0.493 e. The van der Waals surface area contributed by atoms with Crippen molar-refractivity contribution < 1.29 is 23.9 Å². The Morgan fingerprint density at radius 3 is 2.10 bits per heavy atom. The van der Waals surface area contributed by atoms with E-state index in [1.54, 1.807) is 44.2 Å². The van der Waals surface area contributed by atoms with E-state index in [9.17, 15) is 14.4 Å². The summed E-state index contributed by atoms with van der Waals surface area (Å²) < 4.78 is 10.3. The summed E-state index contributed by atoms with van der Waals surface area (Å²) in [5.74, 6) is -0.745. The van der Waals surface area contributed by atoms with Gasteiger partial charge < -0.3 is 14.8 Å². The van der Waals surface area contributed by atoms with Gasteiger partial charge in [-0.1, -0.05) is 31.5 Å². The van der Waals surface area contributed by atoms with E-state index in [0.29, 0.717) is 17.1 Å². The van der Waals surface area contributed by atoms with Crippen LogP contribution in [0.2, 0.25) is 0 Å². The molecule has 0 unspecified atom stereocenters. The van der Waals surface area contributed by atoms with Gasteiger partial charge in [-0.2, -0.15) is 0 Å². The maximum absolute atomic E-state index is 12.6. The first-order chi connectivity index (χ1) is 14.3. The average Bonchev–Trinajstić information content (AvgIpc) is 2.74. The predicted molar refractivity (Wildman–Crippen MR) is 112 cm³/mol. The first-order valence-corrected chi connectivity index (χ1v) is 9.46. The van der Waals surface area contributed by atoms with Crippen LogP contribution in [0.4, 0.5) is 0 Å². The van der Waals surface area contributed by atoms with Crippen LogP contribution in [0.15, 0.2) is 42.5 Å². The van der Waals surface area contributed by atoms with Crippen LogP contribution < -0.4 is 25.6 Å². The Bertz CT molecular complexity index is 927. The Morgan fingerprint density at radius 1 is 0.833 bits per heavy atom. The minimum atomic E-state index is -0.830. The van der Waals surface area contributed by atoms with Crippen molar-refractivity contribution in [3.05, 3.63) is 59.2 Å². The van der Waals surface area contributed by atoms with Gasteiger partial charge in [-0.15, -0.1) is 0 Å². The minimum absolute atomic E-state index is 0.197. The van der Waals surface area contributed by atoms with Crippen LogP contribution in [0.1, 0.15) is 40.1 Å². The smallest absolute Gasteiger partial charge is 0.269 e. The molecule has 0 aliphatic heterocycles. The molecule has 0 bridgehead atoms. The number of carbonyl (C=O) groups is 3. The lowest BCUT2D eigenvalue weighted by molar-refractivity contribution is -0.124. The number of hydrazine groups is 1. The lowest BCUT2D eigenvalue weighted by atomic mass is 10.0. The number of hydrogen-bond acceptors (Lipinski definition) is 5. The summed E-state index contributed by atoms with van der Waals surface area (Å²) in [6, 6.07) is 10.9. The van der Waals surface area contributed by atoms with Crippen LogP contribution in [-0.2, 0) is 4.79 Å². The van der Waals surface area contributed by atoms with Gasteiger partial charge >= 0.3 is 0 Å². The first kappa shape index (κ1) is 22.7. The van der Waals surface area contributed by atoms with Crippen molar-refractivity contribution >= 4 is 17.7 Å². The van der Waals surface area contributed by atoms with Gasteiger partial charge in [-0.05, 0) is 43.2 Å². The van der Waals surface area contributed by atoms with E-state index in [2.05, 4.69) is 16.2 Å². The fourth-order valence-corrected chi connectivity index (χ4v) is 2.79. The monoisotopic (exact) mass is 413 g/mol. The quantitative estimate of drug-likeness (QED) is 0.604. The van der Waals surface area contributed by atoms with E-state index in [0.717, 1.165) is 5.56 Å². The molecule has 8 nitrogen and oxygen atoms in total. The number of rotatable bonds is 7. The number of nitrogens with one attached hydrogen (secondary N) is 3. The first-order valence-electron chi connectivity index (χ1n) is 9.46. The predicted octanol–water partition coefficient (Wildman–Crippen LogP) is 2.23. The van der Waals surface area contributed by atoms with Crippen molar-refractivity contribution in [2.75, 3.05) is 14.2 Å². The van der Waals surface area contributed by atoms with Crippen molar-refractivity contribution in [1.82, 2.24) is 16.2 Å². The van der Waals surface area contributed by atoms with E-state index in [-0.39, 0.29) is 17.4 Å². The molecule has 8 heteroatoms. The average molecular weight is 413 g/mol. The Balaban J connectivity index is 2.03. The van der Waals surface area contributed by atoms with Crippen molar-refractivity contribution in [3.8, 4) is 11.5 Å². The molecule has 30 heavy (non-hydrogen) atoms. The van der Waals surface area contributed by atoms with Gasteiger partial charge in [0.2, 0.25) is 0 Å². The maximum atomic E-state index is 12.6. The number of amides is 3. The van der Waals surface area contributed by atoms with Gasteiger partial charge in [0, 0.05) is 11.1 Å². The number of ether oxygens (including phenoxy) is 2.